The molecule has 0 saturated heterocycles. The molecule has 0 atom stereocenters. The van der Waals surface area contributed by atoms with E-state index in [1.807, 2.05) is 48.5 Å². The van der Waals surface area contributed by atoms with Crippen molar-refractivity contribution in [2.45, 2.75) is 0 Å². The van der Waals surface area contributed by atoms with Crippen LogP contribution in [0.5, 0.6) is 0 Å². The summed E-state index contributed by atoms with van der Waals surface area (Å²) < 4.78 is 9.23. The maximum atomic E-state index is 6.88. The van der Waals surface area contributed by atoms with E-state index in [4.69, 9.17) is 19.4 Å². The van der Waals surface area contributed by atoms with Gasteiger partial charge in [-0.2, -0.15) is 0 Å². The van der Waals surface area contributed by atoms with Gasteiger partial charge in [0.2, 0.25) is 0 Å². The first-order chi connectivity index (χ1) is 28.7. The Bertz CT molecular complexity index is 3570. The molecule has 0 saturated carbocycles. The zero-order chi connectivity index (χ0) is 38.2. The maximum Gasteiger partial charge on any atom is 0.164 e. The van der Waals surface area contributed by atoms with Gasteiger partial charge in [-0.3, -0.25) is 0 Å². The van der Waals surface area contributed by atoms with E-state index in [0.717, 1.165) is 66.1 Å². The zero-order valence-electron chi connectivity index (χ0n) is 31.2. The molecule has 0 aliphatic carbocycles. The Labute approximate surface area is 333 Å². The summed E-state index contributed by atoms with van der Waals surface area (Å²) in [6, 6.07) is 67.9. The van der Waals surface area contributed by atoms with Crippen LogP contribution in [0, 0.1) is 0 Å². The Morgan fingerprint density at radius 3 is 1.78 bits per heavy atom. The third-order valence-electron chi connectivity index (χ3n) is 11.4. The molecule has 0 fully saturated rings. The highest BCUT2D eigenvalue weighted by Gasteiger charge is 2.23. The Kier molecular flexibility index (Phi) is 7.16. The van der Waals surface area contributed by atoms with Crippen molar-refractivity contribution in [3.8, 4) is 51.0 Å². The Morgan fingerprint density at radius 1 is 0.362 bits per heavy atom. The second-order valence-corrected chi connectivity index (χ2v) is 14.8. The fourth-order valence-electron chi connectivity index (χ4n) is 8.71. The topological polar surface area (TPSA) is 56.7 Å². The predicted molar refractivity (Wildman–Crippen MR) is 238 cm³/mol. The second-order valence-electron chi connectivity index (χ2n) is 14.8. The molecule has 5 heteroatoms. The number of rotatable bonds is 5. The van der Waals surface area contributed by atoms with E-state index in [9.17, 15) is 0 Å². The van der Waals surface area contributed by atoms with Crippen LogP contribution >= 0.6 is 0 Å². The van der Waals surface area contributed by atoms with Crippen LogP contribution in [0.2, 0.25) is 0 Å². The highest BCUT2D eigenvalue weighted by atomic mass is 16.3. The van der Waals surface area contributed by atoms with E-state index in [1.165, 1.54) is 32.7 Å². The molecule has 12 aromatic rings. The van der Waals surface area contributed by atoms with Crippen molar-refractivity contribution in [1.29, 1.82) is 0 Å². The van der Waals surface area contributed by atoms with E-state index in [2.05, 4.69) is 150 Å². The molecule has 0 aliphatic rings. The van der Waals surface area contributed by atoms with Crippen LogP contribution in [0.4, 0.5) is 0 Å². The van der Waals surface area contributed by atoms with Crippen molar-refractivity contribution in [3.63, 3.8) is 0 Å². The molecular weight excluding hydrogens is 709 g/mol. The van der Waals surface area contributed by atoms with Gasteiger partial charge in [-0.05, 0) is 75.1 Å². The van der Waals surface area contributed by atoms with Gasteiger partial charge in [-0.1, -0.05) is 152 Å². The van der Waals surface area contributed by atoms with E-state index in [1.54, 1.807) is 0 Å². The number of hydrogen-bond donors (Lipinski definition) is 0. The number of hydrogen-bond acceptors (Lipinski definition) is 4. The number of fused-ring (bicyclic) bond motifs is 9. The fraction of sp³-hybridized carbons (Fsp3) is 0. The molecule has 0 spiro atoms. The zero-order valence-corrected chi connectivity index (χ0v) is 31.2. The molecule has 5 nitrogen and oxygen atoms in total. The number of furan rings is 1. The Morgan fingerprint density at radius 2 is 0.966 bits per heavy atom. The van der Waals surface area contributed by atoms with E-state index < -0.39 is 0 Å². The van der Waals surface area contributed by atoms with Crippen molar-refractivity contribution in [2.75, 3.05) is 0 Å². The average Bonchev–Trinajstić information content (AvgIpc) is 3.86. The van der Waals surface area contributed by atoms with Crippen LogP contribution in [0.1, 0.15) is 0 Å². The van der Waals surface area contributed by atoms with Crippen LogP contribution in [0.15, 0.2) is 199 Å². The molecule has 0 radical (unpaired) electrons. The number of benzene rings is 9. The first-order valence-corrected chi connectivity index (χ1v) is 19.5. The summed E-state index contributed by atoms with van der Waals surface area (Å²) in [5, 5.41) is 9.10. The molecule has 0 aliphatic heterocycles. The number of aromatic nitrogens is 4. The second kappa shape index (κ2) is 12.8. The quantitative estimate of drug-likeness (QED) is 0.176. The summed E-state index contributed by atoms with van der Waals surface area (Å²) in [5.74, 6) is 1.80. The van der Waals surface area contributed by atoms with Crippen molar-refractivity contribution in [3.05, 3.63) is 194 Å². The molecule has 0 N–H and O–H groups in total. The van der Waals surface area contributed by atoms with Gasteiger partial charge in [0.1, 0.15) is 5.58 Å². The van der Waals surface area contributed by atoms with E-state index >= 15 is 0 Å². The number of para-hydroxylation sites is 2. The van der Waals surface area contributed by atoms with Gasteiger partial charge in [-0.15, -0.1) is 0 Å². The van der Waals surface area contributed by atoms with E-state index in [-0.39, 0.29) is 0 Å². The third-order valence-corrected chi connectivity index (χ3v) is 11.4. The minimum absolute atomic E-state index is 0.583. The smallest absolute Gasteiger partial charge is 0.164 e. The summed E-state index contributed by atoms with van der Waals surface area (Å²) in [4.78, 5) is 15.6. The van der Waals surface area contributed by atoms with Gasteiger partial charge in [-0.25, -0.2) is 15.0 Å². The van der Waals surface area contributed by atoms with Crippen molar-refractivity contribution in [1.82, 2.24) is 19.5 Å². The van der Waals surface area contributed by atoms with Crippen LogP contribution in [-0.2, 0) is 0 Å². The summed E-state index contributed by atoms with van der Waals surface area (Å²) in [7, 11) is 0. The highest BCUT2D eigenvalue weighted by molar-refractivity contribution is 6.22. The Balaban J connectivity index is 1.09. The lowest BCUT2D eigenvalue weighted by Crippen LogP contribution is -2.01. The minimum Gasteiger partial charge on any atom is -0.454 e. The molecule has 12 rings (SSSR count). The largest absolute Gasteiger partial charge is 0.454 e. The summed E-state index contributed by atoms with van der Waals surface area (Å²) in [5.41, 5.74) is 9.87. The van der Waals surface area contributed by atoms with Crippen molar-refractivity contribution >= 4 is 65.3 Å². The fourth-order valence-corrected chi connectivity index (χ4v) is 8.71. The van der Waals surface area contributed by atoms with Crippen molar-refractivity contribution in [2.24, 2.45) is 0 Å². The van der Waals surface area contributed by atoms with Crippen LogP contribution < -0.4 is 0 Å². The minimum atomic E-state index is 0.583. The normalized spacial score (nSPS) is 11.8. The van der Waals surface area contributed by atoms with Gasteiger partial charge < -0.3 is 8.98 Å². The number of nitrogens with zero attached hydrogens (tertiary/aromatic N) is 4. The van der Waals surface area contributed by atoms with Gasteiger partial charge in [0.05, 0.1) is 16.7 Å². The van der Waals surface area contributed by atoms with Gasteiger partial charge >= 0.3 is 0 Å². The molecular formula is C53H32N4O. The predicted octanol–water partition coefficient (Wildman–Crippen LogP) is 13.8. The van der Waals surface area contributed by atoms with Crippen molar-refractivity contribution < 1.29 is 4.42 Å². The molecule has 9 aromatic carbocycles. The SMILES string of the molecule is c1ccc(-c2ccc3cc(-c4nc(-c5ccccc5)nc(-c5ccc(-n6c7ccccc7c7c8ccccc8ccc76)c6oc7ccccc7c56)n4)ccc3c2)cc1. The standard InChI is InChI=1S/C53H32N4O/c1-3-13-33(14-4-1)36-23-24-38-32-39(26-25-37(38)31-36)52-54-51(35-16-5-2-6-17-35)55-53(56-52)43-28-30-46(50-49(43)42-20-10-12-22-47(42)58-50)57-44-21-11-9-19-41(44)48-40-18-8-7-15-34(40)27-29-45(48)57/h1-32H. The van der Waals surface area contributed by atoms with Gasteiger partial charge in [0, 0.05) is 38.2 Å². The van der Waals surface area contributed by atoms with Crippen LogP contribution in [-0.4, -0.2) is 19.5 Å². The molecule has 0 bridgehead atoms. The molecule has 270 valence electrons. The lowest BCUT2D eigenvalue weighted by molar-refractivity contribution is 0.666. The summed E-state index contributed by atoms with van der Waals surface area (Å²) in [6.07, 6.45) is 0. The first-order valence-electron chi connectivity index (χ1n) is 19.5. The highest BCUT2D eigenvalue weighted by Crippen LogP contribution is 2.43. The van der Waals surface area contributed by atoms with Gasteiger partial charge in [0.25, 0.3) is 0 Å². The average molecular weight is 741 g/mol. The Hall–Kier alpha value is -7.89. The monoisotopic (exact) mass is 740 g/mol. The van der Waals surface area contributed by atoms with Crippen LogP contribution in [0.25, 0.3) is 116 Å². The first kappa shape index (κ1) is 32.4. The molecule has 58 heavy (non-hydrogen) atoms. The lowest BCUT2D eigenvalue weighted by Gasteiger charge is -2.13. The summed E-state index contributed by atoms with van der Waals surface area (Å²) >= 11 is 0. The molecule has 3 aromatic heterocycles. The molecule has 3 heterocycles. The summed E-state index contributed by atoms with van der Waals surface area (Å²) in [6.45, 7) is 0. The molecule has 0 unspecified atom stereocenters. The van der Waals surface area contributed by atoms with Crippen LogP contribution in [0.3, 0.4) is 0 Å². The lowest BCUT2D eigenvalue weighted by atomic mass is 10.00. The molecule has 0 amide bonds. The third kappa shape index (κ3) is 5.07. The van der Waals surface area contributed by atoms with E-state index in [0.29, 0.717) is 17.5 Å². The van der Waals surface area contributed by atoms with Gasteiger partial charge in [0.15, 0.2) is 23.1 Å². The maximum absolute atomic E-state index is 6.88.